The lowest BCUT2D eigenvalue weighted by atomic mass is 10.2. The topological polar surface area (TPSA) is 37.4 Å². The Morgan fingerprint density at radius 1 is 1.13 bits per heavy atom. The van der Waals surface area contributed by atoms with Crippen molar-refractivity contribution in [2.24, 2.45) is 0 Å². The summed E-state index contributed by atoms with van der Waals surface area (Å²) in [4.78, 5) is 27.9. The number of hydrogen-bond acceptors (Lipinski definition) is 4. The molecule has 0 spiro atoms. The predicted octanol–water partition coefficient (Wildman–Crippen LogP) is 5.51. The van der Waals surface area contributed by atoms with Gasteiger partial charge in [-0.25, -0.2) is 0 Å². The van der Waals surface area contributed by atoms with E-state index in [1.807, 2.05) is 43.3 Å². The molecule has 6 heteroatoms. The fraction of sp³-hybridized carbons (Fsp3) is 0.176. The number of benzene rings is 1. The van der Waals surface area contributed by atoms with Gasteiger partial charge in [-0.15, -0.1) is 11.3 Å². The zero-order chi connectivity index (χ0) is 16.4. The van der Waals surface area contributed by atoms with Crippen LogP contribution in [0, 0.1) is 0 Å². The molecule has 0 atom stereocenters. The highest BCUT2D eigenvalue weighted by Gasteiger charge is 2.34. The van der Waals surface area contributed by atoms with Crippen molar-refractivity contribution in [2.45, 2.75) is 13.3 Å². The third-order valence-electron chi connectivity index (χ3n) is 3.35. The summed E-state index contributed by atoms with van der Waals surface area (Å²) in [5.41, 5.74) is 1.08. The molecule has 0 unspecified atom stereocenters. The number of halogens is 1. The third kappa shape index (κ3) is 3.52. The molecule has 0 bridgehead atoms. The van der Waals surface area contributed by atoms with Crippen molar-refractivity contribution in [2.75, 3.05) is 6.54 Å². The number of carbonyl (C=O) groups excluding carboxylic acids is 2. The lowest BCUT2D eigenvalue weighted by Gasteiger charge is -2.09. The molecule has 0 radical (unpaired) electrons. The van der Waals surface area contributed by atoms with Crippen molar-refractivity contribution >= 4 is 51.9 Å². The van der Waals surface area contributed by atoms with E-state index in [9.17, 15) is 9.59 Å². The summed E-state index contributed by atoms with van der Waals surface area (Å²) in [5, 5.41) is 0.521. The van der Waals surface area contributed by atoms with Gasteiger partial charge in [0.1, 0.15) is 0 Å². The van der Waals surface area contributed by atoms with Crippen LogP contribution in [0.25, 0.3) is 16.5 Å². The van der Waals surface area contributed by atoms with Crippen LogP contribution in [0.3, 0.4) is 0 Å². The van der Waals surface area contributed by atoms with Crippen molar-refractivity contribution in [1.29, 1.82) is 0 Å². The van der Waals surface area contributed by atoms with Gasteiger partial charge in [-0.3, -0.25) is 14.5 Å². The molecule has 1 aromatic carbocycles. The zero-order valence-electron chi connectivity index (χ0n) is 12.4. The lowest BCUT2D eigenvalue weighted by Crippen LogP contribution is -2.28. The molecule has 1 saturated heterocycles. The number of thioether (sulfide) groups is 1. The highest BCUT2D eigenvalue weighted by Crippen LogP contribution is 2.35. The number of imide groups is 1. The molecule has 2 heterocycles. The maximum absolute atomic E-state index is 12.2. The van der Waals surface area contributed by atoms with Crippen LogP contribution in [0.15, 0.2) is 41.3 Å². The van der Waals surface area contributed by atoms with Crippen molar-refractivity contribution in [3.63, 3.8) is 0 Å². The number of thiophene rings is 1. The number of hydrogen-bond donors (Lipinski definition) is 0. The average molecular weight is 364 g/mol. The number of carbonyl (C=O) groups is 2. The SMILES string of the molecule is CCCN1C(=O)SC(=Cc2ccc(-c3ccc(Cl)cc3)s2)C1=O. The van der Waals surface area contributed by atoms with Gasteiger partial charge >= 0.3 is 0 Å². The number of rotatable bonds is 4. The Morgan fingerprint density at radius 3 is 2.57 bits per heavy atom. The van der Waals surface area contributed by atoms with Crippen LogP contribution in [0.4, 0.5) is 4.79 Å². The van der Waals surface area contributed by atoms with E-state index in [-0.39, 0.29) is 11.1 Å². The average Bonchev–Trinajstić information content (AvgIpc) is 3.09. The third-order valence-corrected chi connectivity index (χ3v) is 5.59. The van der Waals surface area contributed by atoms with Crippen LogP contribution >= 0.6 is 34.7 Å². The monoisotopic (exact) mass is 363 g/mol. The van der Waals surface area contributed by atoms with Crippen molar-refractivity contribution < 1.29 is 9.59 Å². The van der Waals surface area contributed by atoms with Gasteiger partial charge in [-0.05, 0) is 54.1 Å². The standard InChI is InChI=1S/C17H14ClNO2S2/c1-2-9-19-16(20)15(23-17(19)21)10-13-7-8-14(22-13)11-3-5-12(18)6-4-11/h3-8,10H,2,9H2,1H3. The van der Waals surface area contributed by atoms with Gasteiger partial charge in [0.2, 0.25) is 0 Å². The summed E-state index contributed by atoms with van der Waals surface area (Å²) in [6.45, 7) is 2.42. The second-order valence-corrected chi connectivity index (χ2v) is 7.59. The van der Waals surface area contributed by atoms with Crippen LogP contribution < -0.4 is 0 Å². The molecule has 3 rings (SSSR count). The Balaban J connectivity index is 1.82. The van der Waals surface area contributed by atoms with E-state index in [4.69, 9.17) is 11.6 Å². The van der Waals surface area contributed by atoms with E-state index in [2.05, 4.69) is 0 Å². The van der Waals surface area contributed by atoms with Crippen molar-refractivity contribution in [3.05, 3.63) is 51.2 Å². The summed E-state index contributed by atoms with van der Waals surface area (Å²) < 4.78 is 0. The Hall–Kier alpha value is -1.56. The molecule has 1 aliphatic heterocycles. The fourth-order valence-electron chi connectivity index (χ4n) is 2.25. The maximum Gasteiger partial charge on any atom is 0.293 e. The molecule has 2 amide bonds. The first-order valence-electron chi connectivity index (χ1n) is 7.19. The Morgan fingerprint density at radius 2 is 1.87 bits per heavy atom. The quantitative estimate of drug-likeness (QED) is 0.671. The van der Waals surface area contributed by atoms with E-state index >= 15 is 0 Å². The largest absolute Gasteiger partial charge is 0.293 e. The first-order valence-corrected chi connectivity index (χ1v) is 9.20. The Labute approximate surface area is 147 Å². The highest BCUT2D eigenvalue weighted by molar-refractivity contribution is 8.18. The van der Waals surface area contributed by atoms with Crippen molar-refractivity contribution in [1.82, 2.24) is 4.90 Å². The van der Waals surface area contributed by atoms with E-state index < -0.39 is 0 Å². The smallest absolute Gasteiger partial charge is 0.268 e. The molecule has 0 saturated carbocycles. The lowest BCUT2D eigenvalue weighted by molar-refractivity contribution is -0.122. The second-order valence-electron chi connectivity index (χ2n) is 5.04. The van der Waals surface area contributed by atoms with Crippen LogP contribution in [0.2, 0.25) is 5.02 Å². The normalized spacial score (nSPS) is 16.6. The molecular formula is C17H14ClNO2S2. The van der Waals surface area contributed by atoms with Crippen LogP contribution in [0.1, 0.15) is 18.2 Å². The molecular weight excluding hydrogens is 350 g/mol. The molecule has 3 nitrogen and oxygen atoms in total. The van der Waals surface area contributed by atoms with Gasteiger partial charge in [0.25, 0.3) is 11.1 Å². The minimum Gasteiger partial charge on any atom is -0.268 e. The predicted molar refractivity (Wildman–Crippen MR) is 97.7 cm³/mol. The Bertz CT molecular complexity index is 780. The van der Waals surface area contributed by atoms with E-state index in [0.717, 1.165) is 33.5 Å². The molecule has 1 aliphatic rings. The highest BCUT2D eigenvalue weighted by atomic mass is 35.5. The van der Waals surface area contributed by atoms with E-state index in [1.54, 1.807) is 17.4 Å². The minimum atomic E-state index is -0.191. The molecule has 2 aromatic rings. The van der Waals surface area contributed by atoms with Crippen LogP contribution in [-0.4, -0.2) is 22.6 Å². The molecule has 0 aliphatic carbocycles. The summed E-state index contributed by atoms with van der Waals surface area (Å²) in [7, 11) is 0. The summed E-state index contributed by atoms with van der Waals surface area (Å²) in [6, 6.07) is 11.6. The van der Waals surface area contributed by atoms with E-state index in [0.29, 0.717) is 16.5 Å². The molecule has 0 N–H and O–H groups in total. The second kappa shape index (κ2) is 6.91. The first kappa shape index (κ1) is 16.3. The first-order chi connectivity index (χ1) is 11.1. The van der Waals surface area contributed by atoms with Crippen LogP contribution in [0.5, 0.6) is 0 Å². The van der Waals surface area contributed by atoms with Gasteiger partial charge in [0.15, 0.2) is 0 Å². The van der Waals surface area contributed by atoms with Gasteiger partial charge in [0.05, 0.1) is 4.91 Å². The number of amides is 2. The van der Waals surface area contributed by atoms with Crippen LogP contribution in [-0.2, 0) is 4.79 Å². The van der Waals surface area contributed by atoms with Gasteiger partial charge in [0, 0.05) is 21.3 Å². The van der Waals surface area contributed by atoms with E-state index in [1.165, 1.54) is 4.90 Å². The van der Waals surface area contributed by atoms with Gasteiger partial charge < -0.3 is 0 Å². The summed E-state index contributed by atoms with van der Waals surface area (Å²) in [5.74, 6) is -0.191. The summed E-state index contributed by atoms with van der Waals surface area (Å²) >= 11 is 8.50. The fourth-order valence-corrected chi connectivity index (χ4v) is 4.26. The maximum atomic E-state index is 12.2. The minimum absolute atomic E-state index is 0.183. The van der Waals surface area contributed by atoms with Crippen molar-refractivity contribution in [3.8, 4) is 10.4 Å². The molecule has 1 aromatic heterocycles. The van der Waals surface area contributed by atoms with Gasteiger partial charge in [-0.2, -0.15) is 0 Å². The van der Waals surface area contributed by atoms with Gasteiger partial charge in [-0.1, -0.05) is 30.7 Å². The summed E-state index contributed by atoms with van der Waals surface area (Å²) in [6.07, 6.45) is 2.57. The molecule has 23 heavy (non-hydrogen) atoms. The zero-order valence-corrected chi connectivity index (χ0v) is 14.8. The number of nitrogens with zero attached hydrogens (tertiary/aromatic N) is 1. The molecule has 1 fully saturated rings. The molecule has 118 valence electrons. The Kier molecular flexibility index (Phi) is 4.90.